The Balaban J connectivity index is 1.60. The van der Waals surface area contributed by atoms with Crippen LogP contribution in [0.1, 0.15) is 11.1 Å². The van der Waals surface area contributed by atoms with E-state index in [4.69, 9.17) is 9.15 Å². The van der Waals surface area contributed by atoms with Crippen molar-refractivity contribution in [1.29, 1.82) is 0 Å². The van der Waals surface area contributed by atoms with Crippen molar-refractivity contribution in [2.45, 2.75) is 13.3 Å². The normalized spacial score (nSPS) is 10.6. The summed E-state index contributed by atoms with van der Waals surface area (Å²) < 4.78 is 10.7. The number of aryl methyl sites for hydroxylation is 1. The number of likely N-dealkylation sites (N-methyl/N-ethyl adjacent to an activating group) is 1. The summed E-state index contributed by atoms with van der Waals surface area (Å²) in [5, 5.41) is 3.65. The number of hydrogen-bond acceptors (Lipinski definition) is 4. The van der Waals surface area contributed by atoms with E-state index in [1.807, 2.05) is 43.3 Å². The van der Waals surface area contributed by atoms with Gasteiger partial charge in [0.25, 0.3) is 0 Å². The quantitative estimate of drug-likeness (QED) is 0.726. The van der Waals surface area contributed by atoms with Gasteiger partial charge in [-0.05, 0) is 31.2 Å². The van der Waals surface area contributed by atoms with Gasteiger partial charge in [-0.15, -0.1) is 0 Å². The molecule has 0 saturated carbocycles. The number of anilines is 1. The lowest BCUT2D eigenvalue weighted by Gasteiger charge is -2.16. The minimum Gasteiger partial charge on any atom is -0.497 e. The largest absolute Gasteiger partial charge is 0.497 e. The van der Waals surface area contributed by atoms with Crippen molar-refractivity contribution >= 4 is 28.5 Å². The van der Waals surface area contributed by atoms with Crippen LogP contribution in [0.2, 0.25) is 0 Å². The summed E-state index contributed by atoms with van der Waals surface area (Å²) in [5.74, 6) is 0.295. The fraction of sp³-hybridized carbons (Fsp3) is 0.238. The van der Waals surface area contributed by atoms with E-state index in [0.29, 0.717) is 17.0 Å². The van der Waals surface area contributed by atoms with Gasteiger partial charge >= 0.3 is 0 Å². The van der Waals surface area contributed by atoms with Crippen molar-refractivity contribution in [3.05, 3.63) is 59.9 Å². The third-order valence-corrected chi connectivity index (χ3v) is 4.35. The number of furan rings is 1. The van der Waals surface area contributed by atoms with Crippen LogP contribution in [0.3, 0.4) is 0 Å². The number of benzene rings is 2. The molecule has 3 aromatic rings. The molecule has 0 aliphatic heterocycles. The highest BCUT2D eigenvalue weighted by atomic mass is 16.5. The Morgan fingerprint density at radius 2 is 1.89 bits per heavy atom. The van der Waals surface area contributed by atoms with Crippen LogP contribution in [0.15, 0.2) is 53.1 Å². The number of methoxy groups -OCH3 is 1. The molecule has 6 heteroatoms. The molecule has 2 aromatic carbocycles. The molecule has 0 unspecified atom stereocenters. The molecule has 0 radical (unpaired) electrons. The molecule has 1 aromatic heterocycles. The first-order chi connectivity index (χ1) is 13.0. The lowest BCUT2D eigenvalue weighted by Crippen LogP contribution is -2.35. The van der Waals surface area contributed by atoms with Gasteiger partial charge in [-0.25, -0.2) is 0 Å². The smallest absolute Gasteiger partial charge is 0.243 e. The molecule has 1 heterocycles. The Kier molecular flexibility index (Phi) is 5.45. The zero-order valence-electron chi connectivity index (χ0n) is 15.6. The van der Waals surface area contributed by atoms with E-state index in [-0.39, 0.29) is 24.8 Å². The highest BCUT2D eigenvalue weighted by molar-refractivity contribution is 5.95. The van der Waals surface area contributed by atoms with Crippen LogP contribution in [0.4, 0.5) is 5.69 Å². The lowest BCUT2D eigenvalue weighted by atomic mass is 10.1. The maximum Gasteiger partial charge on any atom is 0.243 e. The predicted octanol–water partition coefficient (Wildman–Crippen LogP) is 3.39. The first-order valence-corrected chi connectivity index (χ1v) is 8.61. The van der Waals surface area contributed by atoms with Crippen molar-refractivity contribution in [2.75, 3.05) is 26.0 Å². The van der Waals surface area contributed by atoms with E-state index in [1.165, 1.54) is 4.90 Å². The van der Waals surface area contributed by atoms with E-state index in [1.54, 1.807) is 26.5 Å². The van der Waals surface area contributed by atoms with Gasteiger partial charge in [-0.3, -0.25) is 9.59 Å². The predicted molar refractivity (Wildman–Crippen MR) is 104 cm³/mol. The SMILES string of the molecule is COc1ccc2c(CC(=O)N(C)CC(=O)Nc3ccc(C)cc3)coc2c1. The number of fused-ring (bicyclic) bond motifs is 1. The van der Waals surface area contributed by atoms with Crippen molar-refractivity contribution in [1.82, 2.24) is 4.90 Å². The molecule has 3 rings (SSSR count). The maximum atomic E-state index is 12.5. The zero-order valence-corrected chi connectivity index (χ0v) is 15.6. The first-order valence-electron chi connectivity index (χ1n) is 8.61. The van der Waals surface area contributed by atoms with E-state index in [2.05, 4.69) is 5.32 Å². The van der Waals surface area contributed by atoms with Crippen LogP contribution in [0, 0.1) is 6.92 Å². The summed E-state index contributed by atoms with van der Waals surface area (Å²) in [6.07, 6.45) is 1.73. The number of nitrogens with one attached hydrogen (secondary N) is 1. The fourth-order valence-electron chi connectivity index (χ4n) is 2.77. The minimum absolute atomic E-state index is 0.0175. The van der Waals surface area contributed by atoms with Crippen LogP contribution in [-0.4, -0.2) is 37.4 Å². The number of nitrogens with zero attached hydrogens (tertiary/aromatic N) is 1. The molecule has 0 fully saturated rings. The second kappa shape index (κ2) is 7.95. The van der Waals surface area contributed by atoms with E-state index >= 15 is 0 Å². The van der Waals surface area contributed by atoms with Gasteiger partial charge < -0.3 is 19.4 Å². The van der Waals surface area contributed by atoms with Crippen LogP contribution in [-0.2, 0) is 16.0 Å². The molecule has 2 amide bonds. The molecule has 0 aliphatic rings. The van der Waals surface area contributed by atoms with Gasteiger partial charge in [0.2, 0.25) is 11.8 Å². The van der Waals surface area contributed by atoms with Crippen molar-refractivity contribution in [3.63, 3.8) is 0 Å². The molecule has 0 spiro atoms. The summed E-state index contributed by atoms with van der Waals surface area (Å²) in [6, 6.07) is 13.0. The molecule has 1 N–H and O–H groups in total. The molecule has 0 bridgehead atoms. The number of carbonyl (C=O) groups is 2. The molecular formula is C21H22N2O4. The Labute approximate surface area is 157 Å². The summed E-state index contributed by atoms with van der Waals surface area (Å²) >= 11 is 0. The average Bonchev–Trinajstić information content (AvgIpc) is 3.05. The zero-order chi connectivity index (χ0) is 19.4. The van der Waals surface area contributed by atoms with E-state index in [9.17, 15) is 9.59 Å². The molecule has 140 valence electrons. The highest BCUT2D eigenvalue weighted by Crippen LogP contribution is 2.26. The molecule has 0 atom stereocenters. The third-order valence-electron chi connectivity index (χ3n) is 4.35. The summed E-state index contributed by atoms with van der Waals surface area (Å²) in [6.45, 7) is 1.96. The highest BCUT2D eigenvalue weighted by Gasteiger charge is 2.16. The van der Waals surface area contributed by atoms with Crippen LogP contribution in [0.5, 0.6) is 5.75 Å². The van der Waals surface area contributed by atoms with Gasteiger partial charge in [0.15, 0.2) is 0 Å². The molecule has 0 saturated heterocycles. The fourth-order valence-corrected chi connectivity index (χ4v) is 2.77. The number of rotatable bonds is 6. The van der Waals surface area contributed by atoms with E-state index < -0.39 is 0 Å². The van der Waals surface area contributed by atoms with Gasteiger partial charge in [-0.2, -0.15) is 0 Å². The number of hydrogen-bond donors (Lipinski definition) is 1. The summed E-state index contributed by atoms with van der Waals surface area (Å²) in [4.78, 5) is 26.1. The number of amides is 2. The maximum absolute atomic E-state index is 12.5. The molecule has 27 heavy (non-hydrogen) atoms. The second-order valence-electron chi connectivity index (χ2n) is 6.46. The lowest BCUT2D eigenvalue weighted by molar-refractivity contribution is -0.132. The minimum atomic E-state index is -0.239. The van der Waals surface area contributed by atoms with Gasteiger partial charge in [0.05, 0.1) is 26.3 Å². The van der Waals surface area contributed by atoms with Crippen molar-refractivity contribution in [3.8, 4) is 5.75 Å². The monoisotopic (exact) mass is 366 g/mol. The van der Waals surface area contributed by atoms with E-state index in [0.717, 1.165) is 16.5 Å². The Bertz CT molecular complexity index is 960. The van der Waals surface area contributed by atoms with Crippen LogP contribution in [0.25, 0.3) is 11.0 Å². The molecule has 6 nitrogen and oxygen atoms in total. The van der Waals surface area contributed by atoms with Crippen molar-refractivity contribution in [2.24, 2.45) is 0 Å². The number of carbonyl (C=O) groups excluding carboxylic acids is 2. The third kappa shape index (κ3) is 4.47. The summed E-state index contributed by atoms with van der Waals surface area (Å²) in [5.41, 5.74) is 3.27. The Hall–Kier alpha value is -3.28. The van der Waals surface area contributed by atoms with Crippen molar-refractivity contribution < 1.29 is 18.7 Å². The molecular weight excluding hydrogens is 344 g/mol. The Morgan fingerprint density at radius 3 is 2.59 bits per heavy atom. The van der Waals surface area contributed by atoms with Gasteiger partial charge in [0.1, 0.15) is 11.3 Å². The second-order valence-corrected chi connectivity index (χ2v) is 6.46. The van der Waals surface area contributed by atoms with Gasteiger partial charge in [0, 0.05) is 29.8 Å². The topological polar surface area (TPSA) is 71.8 Å². The average molecular weight is 366 g/mol. The van der Waals surface area contributed by atoms with Gasteiger partial charge in [-0.1, -0.05) is 17.7 Å². The Morgan fingerprint density at radius 1 is 1.15 bits per heavy atom. The number of ether oxygens (including phenoxy) is 1. The molecule has 0 aliphatic carbocycles. The summed E-state index contributed by atoms with van der Waals surface area (Å²) in [7, 11) is 3.20. The van der Waals surface area contributed by atoms with Crippen LogP contribution >= 0.6 is 0 Å². The standard InChI is InChI=1S/C21H22N2O4/c1-14-4-6-16(7-5-14)22-20(24)12-23(2)21(25)10-15-13-27-19-11-17(26-3)8-9-18(15)19/h4-9,11,13H,10,12H2,1-3H3,(H,22,24). The first kappa shape index (κ1) is 18.5. The van der Waals surface area contributed by atoms with Crippen LogP contribution < -0.4 is 10.1 Å².